The minimum atomic E-state index is -0.427. The van der Waals surface area contributed by atoms with E-state index in [-0.39, 0.29) is 11.7 Å². The van der Waals surface area contributed by atoms with Gasteiger partial charge in [0, 0.05) is 17.7 Å². The van der Waals surface area contributed by atoms with Crippen molar-refractivity contribution < 1.29 is 14.1 Å². The molecule has 0 saturated carbocycles. The lowest BCUT2D eigenvalue weighted by molar-refractivity contribution is -0.384. The van der Waals surface area contributed by atoms with Gasteiger partial charge in [0.2, 0.25) is 11.8 Å². The summed E-state index contributed by atoms with van der Waals surface area (Å²) in [5.74, 6) is 2.50. The molecule has 1 atom stereocenters. The van der Waals surface area contributed by atoms with E-state index in [2.05, 4.69) is 34.2 Å². The molecule has 8 nitrogen and oxygen atoms in total. The molecule has 1 fully saturated rings. The Morgan fingerprint density at radius 2 is 1.81 bits per heavy atom. The number of hydrogen-bond donors (Lipinski definition) is 0. The van der Waals surface area contributed by atoms with Gasteiger partial charge in [-0.1, -0.05) is 12.1 Å². The molecule has 1 aromatic heterocycles. The molecule has 1 saturated heterocycles. The van der Waals surface area contributed by atoms with Crippen molar-refractivity contribution in [1.82, 2.24) is 15.1 Å². The maximum absolute atomic E-state index is 10.8. The van der Waals surface area contributed by atoms with E-state index < -0.39 is 4.92 Å². The number of nitro groups is 1. The summed E-state index contributed by atoms with van der Waals surface area (Å²) in [4.78, 5) is 12.8. The van der Waals surface area contributed by atoms with E-state index in [1.165, 1.54) is 17.7 Å². The van der Waals surface area contributed by atoms with Crippen LogP contribution in [0, 0.1) is 16.0 Å². The molecule has 1 aliphatic heterocycles. The lowest BCUT2D eigenvalue weighted by Crippen LogP contribution is -2.36. The lowest BCUT2D eigenvalue weighted by atomic mass is 9.89. The molecule has 1 unspecified atom stereocenters. The number of ether oxygens (including phenoxy) is 1. The number of nitrogens with zero attached hydrogens (tertiary/aromatic N) is 4. The molecule has 2 aromatic carbocycles. The number of non-ortho nitro benzene ring substituents is 1. The zero-order valence-electron chi connectivity index (χ0n) is 17.7. The first-order valence-corrected chi connectivity index (χ1v) is 10.5. The van der Waals surface area contributed by atoms with Crippen molar-refractivity contribution in [2.45, 2.75) is 32.2 Å². The van der Waals surface area contributed by atoms with Crippen molar-refractivity contribution >= 4 is 5.69 Å². The third kappa shape index (κ3) is 4.91. The molecule has 2 heterocycles. The first-order valence-electron chi connectivity index (χ1n) is 10.5. The summed E-state index contributed by atoms with van der Waals surface area (Å²) >= 11 is 0. The molecule has 3 aromatic rings. The van der Waals surface area contributed by atoms with Crippen LogP contribution in [0.1, 0.15) is 37.3 Å². The first-order chi connectivity index (χ1) is 15.0. The van der Waals surface area contributed by atoms with Gasteiger partial charge in [0.1, 0.15) is 5.75 Å². The van der Waals surface area contributed by atoms with Crippen LogP contribution in [-0.2, 0) is 6.42 Å². The number of hydrogen-bond acceptors (Lipinski definition) is 7. The quantitative estimate of drug-likeness (QED) is 0.403. The highest BCUT2D eigenvalue weighted by atomic mass is 16.6. The summed E-state index contributed by atoms with van der Waals surface area (Å²) in [5.41, 5.74) is 2.06. The van der Waals surface area contributed by atoms with Crippen LogP contribution < -0.4 is 4.74 Å². The number of methoxy groups -OCH3 is 1. The molecule has 0 radical (unpaired) electrons. The van der Waals surface area contributed by atoms with Crippen LogP contribution in [0.25, 0.3) is 11.5 Å². The number of nitro benzene ring substituents is 1. The minimum absolute atomic E-state index is 0.0289. The summed E-state index contributed by atoms with van der Waals surface area (Å²) < 4.78 is 11.1. The summed E-state index contributed by atoms with van der Waals surface area (Å²) in [6, 6.07) is 14.5. The Hall–Kier alpha value is -3.26. The highest BCUT2D eigenvalue weighted by Gasteiger charge is 2.27. The fourth-order valence-corrected chi connectivity index (χ4v) is 4.04. The van der Waals surface area contributed by atoms with E-state index in [9.17, 15) is 10.1 Å². The van der Waals surface area contributed by atoms with Crippen LogP contribution in [0.3, 0.4) is 0 Å². The summed E-state index contributed by atoms with van der Waals surface area (Å²) in [7, 11) is 1.68. The summed E-state index contributed by atoms with van der Waals surface area (Å²) in [5, 5.41) is 19.2. The lowest BCUT2D eigenvalue weighted by Gasteiger charge is -2.34. The zero-order chi connectivity index (χ0) is 21.8. The molecule has 4 rings (SSSR count). The molecule has 0 bridgehead atoms. The van der Waals surface area contributed by atoms with Gasteiger partial charge in [0.25, 0.3) is 5.69 Å². The largest absolute Gasteiger partial charge is 0.497 e. The summed E-state index contributed by atoms with van der Waals surface area (Å²) in [6.45, 7) is 4.05. The van der Waals surface area contributed by atoms with Gasteiger partial charge in [-0.2, -0.15) is 0 Å². The molecular weight excluding hydrogens is 396 g/mol. The third-order valence-corrected chi connectivity index (χ3v) is 6.00. The van der Waals surface area contributed by atoms with Crippen LogP contribution >= 0.6 is 0 Å². The maximum Gasteiger partial charge on any atom is 0.269 e. The second kappa shape index (κ2) is 9.26. The van der Waals surface area contributed by atoms with Crippen LogP contribution in [-0.4, -0.2) is 40.2 Å². The van der Waals surface area contributed by atoms with Gasteiger partial charge < -0.3 is 9.15 Å². The van der Waals surface area contributed by atoms with Gasteiger partial charge in [-0.25, -0.2) is 0 Å². The van der Waals surface area contributed by atoms with E-state index in [0.29, 0.717) is 23.3 Å². The number of piperidine rings is 1. The molecule has 0 N–H and O–H groups in total. The van der Waals surface area contributed by atoms with Crippen LogP contribution in [0.2, 0.25) is 0 Å². The predicted octanol–water partition coefficient (Wildman–Crippen LogP) is 4.67. The standard InChI is InChI=1S/C23H26N4O4/c1-16(22-24-25-23(31-22)19-5-7-20(8-6-19)27(28)29)26-13-11-18(12-14-26)15-17-3-9-21(30-2)10-4-17/h3-10,16,18H,11-15H2,1-2H3. The van der Waals surface area contributed by atoms with E-state index in [1.54, 1.807) is 19.2 Å². The molecule has 1 aliphatic rings. The Bertz CT molecular complexity index is 1010. The summed E-state index contributed by atoms with van der Waals surface area (Å²) in [6.07, 6.45) is 3.33. The smallest absolute Gasteiger partial charge is 0.269 e. The Morgan fingerprint density at radius 1 is 1.13 bits per heavy atom. The van der Waals surface area contributed by atoms with Gasteiger partial charge in [-0.15, -0.1) is 10.2 Å². The number of rotatable bonds is 7. The molecule has 162 valence electrons. The SMILES string of the molecule is COc1ccc(CC2CCN(C(C)c3nnc(-c4ccc([N+](=O)[O-])cc4)o3)CC2)cc1. The molecule has 31 heavy (non-hydrogen) atoms. The predicted molar refractivity (Wildman–Crippen MR) is 116 cm³/mol. The second-order valence-electron chi connectivity index (χ2n) is 7.96. The van der Waals surface area contributed by atoms with Crippen molar-refractivity contribution in [3.63, 3.8) is 0 Å². The van der Waals surface area contributed by atoms with Gasteiger partial charge in [-0.3, -0.25) is 15.0 Å². The van der Waals surface area contributed by atoms with Crippen LogP contribution in [0.15, 0.2) is 52.9 Å². The van der Waals surface area contributed by atoms with E-state index in [4.69, 9.17) is 9.15 Å². The fourth-order valence-electron chi connectivity index (χ4n) is 4.04. The number of aromatic nitrogens is 2. The minimum Gasteiger partial charge on any atom is -0.497 e. The molecule has 8 heteroatoms. The highest BCUT2D eigenvalue weighted by Crippen LogP contribution is 2.30. The van der Waals surface area contributed by atoms with E-state index in [0.717, 1.165) is 38.1 Å². The van der Waals surface area contributed by atoms with Gasteiger partial charge >= 0.3 is 0 Å². The monoisotopic (exact) mass is 422 g/mol. The van der Waals surface area contributed by atoms with Crippen LogP contribution in [0.4, 0.5) is 5.69 Å². The van der Waals surface area contributed by atoms with Crippen molar-refractivity contribution in [2.75, 3.05) is 20.2 Å². The Morgan fingerprint density at radius 3 is 2.42 bits per heavy atom. The topological polar surface area (TPSA) is 94.5 Å². The average Bonchev–Trinajstić information content (AvgIpc) is 3.30. The van der Waals surface area contributed by atoms with Crippen molar-refractivity contribution in [1.29, 1.82) is 0 Å². The fraction of sp³-hybridized carbons (Fsp3) is 0.391. The van der Waals surface area contributed by atoms with Crippen molar-refractivity contribution in [3.05, 3.63) is 70.1 Å². The molecule has 0 aliphatic carbocycles. The second-order valence-corrected chi connectivity index (χ2v) is 7.96. The Balaban J connectivity index is 1.33. The van der Waals surface area contributed by atoms with Gasteiger partial charge in [0.15, 0.2) is 0 Å². The van der Waals surface area contributed by atoms with E-state index in [1.807, 2.05) is 12.1 Å². The van der Waals surface area contributed by atoms with Crippen molar-refractivity contribution in [3.8, 4) is 17.2 Å². The third-order valence-electron chi connectivity index (χ3n) is 6.00. The van der Waals surface area contributed by atoms with E-state index >= 15 is 0 Å². The Kier molecular flexibility index (Phi) is 6.27. The maximum atomic E-state index is 10.8. The number of benzene rings is 2. The highest BCUT2D eigenvalue weighted by molar-refractivity contribution is 5.55. The molecular formula is C23H26N4O4. The molecule has 0 spiro atoms. The van der Waals surface area contributed by atoms with Crippen molar-refractivity contribution in [2.24, 2.45) is 5.92 Å². The zero-order valence-corrected chi connectivity index (χ0v) is 17.7. The van der Waals surface area contributed by atoms with Gasteiger partial charge in [0.05, 0.1) is 18.1 Å². The molecule has 0 amide bonds. The first kappa shape index (κ1) is 21.0. The van der Waals surface area contributed by atoms with Crippen LogP contribution in [0.5, 0.6) is 5.75 Å². The normalized spacial score (nSPS) is 16.2. The van der Waals surface area contributed by atoms with Gasteiger partial charge in [-0.05, 0) is 75.0 Å². The average molecular weight is 422 g/mol. The Labute approximate surface area is 181 Å². The number of likely N-dealkylation sites (tertiary alicyclic amines) is 1.